The number of nitrogens with zero attached hydrogens (tertiary/aromatic N) is 4. The van der Waals surface area contributed by atoms with Crippen molar-refractivity contribution < 1.29 is 0 Å². The average Bonchev–Trinajstić information content (AvgIpc) is 3.07. The van der Waals surface area contributed by atoms with Gasteiger partial charge in [0.2, 0.25) is 5.95 Å². The highest BCUT2D eigenvalue weighted by Crippen LogP contribution is 2.47. The summed E-state index contributed by atoms with van der Waals surface area (Å²) in [7, 11) is 0. The number of benzene rings is 1. The lowest BCUT2D eigenvalue weighted by Gasteiger charge is -2.51. The van der Waals surface area contributed by atoms with E-state index < -0.39 is 0 Å². The lowest BCUT2D eigenvalue weighted by atomic mass is 9.75. The first-order valence-electron chi connectivity index (χ1n) is 8.74. The summed E-state index contributed by atoms with van der Waals surface area (Å²) in [5.74, 6) is 2.27. The van der Waals surface area contributed by atoms with Crippen LogP contribution in [0.1, 0.15) is 24.3 Å². The molecule has 2 bridgehead atoms. The van der Waals surface area contributed by atoms with Crippen molar-refractivity contribution in [1.29, 1.82) is 0 Å². The lowest BCUT2D eigenvalue weighted by molar-refractivity contribution is 0.0353. The predicted octanol–water partition coefficient (Wildman–Crippen LogP) is 2.54. The Morgan fingerprint density at radius 2 is 1.61 bits per heavy atom. The number of fused-ring (bicyclic) bond motifs is 2. The minimum absolute atomic E-state index is 0.563. The van der Waals surface area contributed by atoms with Crippen molar-refractivity contribution in [3.05, 3.63) is 54.4 Å². The molecule has 4 fully saturated rings. The first-order valence-corrected chi connectivity index (χ1v) is 8.74. The topological polar surface area (TPSA) is 32.3 Å². The number of hydrogen-bond acceptors (Lipinski definition) is 4. The van der Waals surface area contributed by atoms with Crippen molar-refractivity contribution in [1.82, 2.24) is 14.9 Å². The van der Waals surface area contributed by atoms with Gasteiger partial charge in [-0.15, -0.1) is 0 Å². The minimum Gasteiger partial charge on any atom is -0.335 e. The number of hydrogen-bond donors (Lipinski definition) is 0. The van der Waals surface area contributed by atoms with Gasteiger partial charge in [0.1, 0.15) is 0 Å². The number of piperidine rings is 3. The quantitative estimate of drug-likeness (QED) is 0.853. The van der Waals surface area contributed by atoms with Crippen LogP contribution >= 0.6 is 0 Å². The highest BCUT2D eigenvalue weighted by atomic mass is 15.4. The van der Waals surface area contributed by atoms with E-state index >= 15 is 0 Å². The third kappa shape index (κ3) is 2.08. The molecule has 4 aliphatic rings. The van der Waals surface area contributed by atoms with Gasteiger partial charge < -0.3 is 4.90 Å². The highest BCUT2D eigenvalue weighted by Gasteiger charge is 2.53. The van der Waals surface area contributed by atoms with Crippen LogP contribution in [-0.2, 0) is 0 Å². The molecule has 2 aromatic rings. The second-order valence-corrected chi connectivity index (χ2v) is 7.07. The van der Waals surface area contributed by atoms with Gasteiger partial charge in [0.15, 0.2) is 0 Å². The zero-order valence-electron chi connectivity index (χ0n) is 13.3. The summed E-state index contributed by atoms with van der Waals surface area (Å²) in [6.45, 7) is 3.56. The van der Waals surface area contributed by atoms with Crippen LogP contribution in [0.5, 0.6) is 0 Å². The molecular formula is C19H22N4. The maximum Gasteiger partial charge on any atom is 0.225 e. The summed E-state index contributed by atoms with van der Waals surface area (Å²) < 4.78 is 0. The molecule has 4 aliphatic heterocycles. The Morgan fingerprint density at radius 1 is 0.870 bits per heavy atom. The van der Waals surface area contributed by atoms with Crippen LogP contribution in [0.4, 0.5) is 5.95 Å². The molecule has 0 saturated carbocycles. The summed E-state index contributed by atoms with van der Waals surface area (Å²) >= 11 is 0. The van der Waals surface area contributed by atoms with Gasteiger partial charge in [-0.1, -0.05) is 30.3 Å². The van der Waals surface area contributed by atoms with Gasteiger partial charge in [-0.3, -0.25) is 4.90 Å². The van der Waals surface area contributed by atoms with E-state index in [0.717, 1.165) is 18.4 Å². The molecule has 118 valence electrons. The Kier molecular flexibility index (Phi) is 3.11. The molecule has 4 heteroatoms. The molecule has 1 aromatic heterocycles. The summed E-state index contributed by atoms with van der Waals surface area (Å²) in [6, 6.07) is 14.1. The zero-order chi connectivity index (χ0) is 15.2. The summed E-state index contributed by atoms with van der Waals surface area (Å²) in [4.78, 5) is 14.3. The molecule has 23 heavy (non-hydrogen) atoms. The summed E-state index contributed by atoms with van der Waals surface area (Å²) in [5, 5.41) is 0. The Hall–Kier alpha value is -1.94. The molecule has 0 amide bonds. The Balaban J connectivity index is 1.57. The van der Waals surface area contributed by atoms with Gasteiger partial charge in [-0.05, 0) is 43.5 Å². The van der Waals surface area contributed by atoms with E-state index in [1.54, 1.807) is 0 Å². The van der Waals surface area contributed by atoms with Gasteiger partial charge >= 0.3 is 0 Å². The monoisotopic (exact) mass is 306 g/mol. The van der Waals surface area contributed by atoms with Crippen LogP contribution in [-0.4, -0.2) is 46.6 Å². The van der Waals surface area contributed by atoms with Gasteiger partial charge in [-0.25, -0.2) is 9.97 Å². The Bertz CT molecular complexity index is 607. The van der Waals surface area contributed by atoms with Crippen molar-refractivity contribution in [2.75, 3.05) is 24.5 Å². The molecule has 0 N–H and O–H groups in total. The standard InChI is InChI=1S/C19H22N4/c1-2-5-14(6-3-1)16-13-23(19-20-9-4-10-21-19)17-15-7-11-22(12-8-15)18(16)17/h1-6,9-10,15-18H,7-8,11-13H2/t16-,17+,18+/m1/s1. The highest BCUT2D eigenvalue weighted by molar-refractivity contribution is 5.42. The van der Waals surface area contributed by atoms with Crippen LogP contribution < -0.4 is 4.90 Å². The third-order valence-corrected chi connectivity index (χ3v) is 6.03. The van der Waals surface area contributed by atoms with Gasteiger partial charge in [0.25, 0.3) is 0 Å². The molecule has 1 aromatic carbocycles. The largest absolute Gasteiger partial charge is 0.335 e. The van der Waals surface area contributed by atoms with Crippen LogP contribution in [0.25, 0.3) is 0 Å². The number of rotatable bonds is 2. The molecular weight excluding hydrogens is 284 g/mol. The Labute approximate surface area is 137 Å². The van der Waals surface area contributed by atoms with Gasteiger partial charge in [-0.2, -0.15) is 0 Å². The van der Waals surface area contributed by atoms with Crippen LogP contribution in [0, 0.1) is 5.92 Å². The molecule has 3 atom stereocenters. The average molecular weight is 306 g/mol. The second kappa shape index (κ2) is 5.31. The molecule has 5 heterocycles. The van der Waals surface area contributed by atoms with E-state index in [2.05, 4.69) is 50.1 Å². The SMILES string of the molecule is c1ccc([C@H]2CN(c3ncccn3)[C@H]3C4CCN(CC4)[C@@H]23)cc1. The van der Waals surface area contributed by atoms with E-state index in [9.17, 15) is 0 Å². The van der Waals surface area contributed by atoms with Crippen molar-refractivity contribution in [2.45, 2.75) is 30.8 Å². The fourth-order valence-corrected chi connectivity index (χ4v) is 5.08. The van der Waals surface area contributed by atoms with Crippen LogP contribution in [0.2, 0.25) is 0 Å². The van der Waals surface area contributed by atoms with Gasteiger partial charge in [0.05, 0.1) is 6.04 Å². The van der Waals surface area contributed by atoms with Crippen LogP contribution in [0.15, 0.2) is 48.8 Å². The molecule has 0 aliphatic carbocycles. The first kappa shape index (κ1) is 13.5. The Morgan fingerprint density at radius 3 is 2.35 bits per heavy atom. The molecule has 4 saturated heterocycles. The van der Waals surface area contributed by atoms with E-state index in [4.69, 9.17) is 0 Å². The number of anilines is 1. The maximum absolute atomic E-state index is 4.56. The molecule has 0 radical (unpaired) electrons. The first-order chi connectivity index (χ1) is 11.4. The van der Waals surface area contributed by atoms with Gasteiger partial charge in [0, 0.05) is 30.9 Å². The molecule has 6 rings (SSSR count). The summed E-state index contributed by atoms with van der Waals surface area (Å²) in [6.07, 6.45) is 6.39. The second-order valence-electron chi connectivity index (χ2n) is 7.07. The normalized spacial score (nSPS) is 35.3. The van der Waals surface area contributed by atoms with Crippen molar-refractivity contribution in [3.63, 3.8) is 0 Å². The van der Waals surface area contributed by atoms with Crippen molar-refractivity contribution in [2.24, 2.45) is 5.92 Å². The smallest absolute Gasteiger partial charge is 0.225 e. The van der Waals surface area contributed by atoms with E-state index in [-0.39, 0.29) is 0 Å². The van der Waals surface area contributed by atoms with Crippen molar-refractivity contribution in [3.8, 4) is 0 Å². The van der Waals surface area contributed by atoms with Crippen LogP contribution in [0.3, 0.4) is 0 Å². The van der Waals surface area contributed by atoms with Crippen molar-refractivity contribution >= 4 is 5.95 Å². The zero-order valence-corrected chi connectivity index (χ0v) is 13.3. The molecule has 4 nitrogen and oxygen atoms in total. The number of aromatic nitrogens is 2. The third-order valence-electron chi connectivity index (χ3n) is 6.03. The fraction of sp³-hybridized carbons (Fsp3) is 0.474. The van der Waals surface area contributed by atoms with E-state index in [0.29, 0.717) is 18.0 Å². The maximum atomic E-state index is 4.56. The summed E-state index contributed by atoms with van der Waals surface area (Å²) in [5.41, 5.74) is 1.47. The fourth-order valence-electron chi connectivity index (χ4n) is 5.08. The lowest BCUT2D eigenvalue weighted by Crippen LogP contribution is -2.60. The minimum atomic E-state index is 0.563. The molecule has 0 spiro atoms. The predicted molar refractivity (Wildman–Crippen MR) is 90.4 cm³/mol. The van der Waals surface area contributed by atoms with E-state index in [1.807, 2.05) is 18.5 Å². The molecule has 0 unspecified atom stereocenters. The van der Waals surface area contributed by atoms with E-state index in [1.165, 1.54) is 31.5 Å².